The average Bonchev–Trinajstić information content (AvgIpc) is 2.07. The monoisotopic (exact) mass is 199 g/mol. The Labute approximate surface area is 88.1 Å². The predicted molar refractivity (Wildman–Crippen MR) is 60.3 cm³/mol. The Morgan fingerprint density at radius 2 is 1.93 bits per heavy atom. The molecular formula is C12H25NO. The van der Waals surface area contributed by atoms with Gasteiger partial charge in [0.25, 0.3) is 0 Å². The highest BCUT2D eigenvalue weighted by Gasteiger charge is 2.20. The largest absolute Gasteiger partial charge is 0.392 e. The van der Waals surface area contributed by atoms with Crippen molar-refractivity contribution in [2.24, 2.45) is 11.8 Å². The van der Waals surface area contributed by atoms with E-state index in [1.165, 1.54) is 25.7 Å². The van der Waals surface area contributed by atoms with Crippen LogP contribution >= 0.6 is 0 Å². The van der Waals surface area contributed by atoms with Crippen molar-refractivity contribution in [2.75, 3.05) is 6.54 Å². The van der Waals surface area contributed by atoms with Crippen LogP contribution in [0.25, 0.3) is 0 Å². The van der Waals surface area contributed by atoms with Crippen LogP contribution in [0, 0.1) is 11.8 Å². The Morgan fingerprint density at radius 1 is 1.29 bits per heavy atom. The first-order valence-corrected chi connectivity index (χ1v) is 6.01. The fourth-order valence-corrected chi connectivity index (χ4v) is 1.87. The zero-order valence-electron chi connectivity index (χ0n) is 9.79. The molecule has 0 bridgehead atoms. The molecule has 1 aliphatic carbocycles. The summed E-state index contributed by atoms with van der Waals surface area (Å²) >= 11 is 0. The van der Waals surface area contributed by atoms with Gasteiger partial charge in [0, 0.05) is 12.6 Å². The normalized spacial score (nSPS) is 22.1. The van der Waals surface area contributed by atoms with Crippen LogP contribution in [0.4, 0.5) is 0 Å². The summed E-state index contributed by atoms with van der Waals surface area (Å²) < 4.78 is 0. The van der Waals surface area contributed by atoms with E-state index in [2.05, 4.69) is 26.1 Å². The second-order valence-corrected chi connectivity index (χ2v) is 5.15. The molecule has 1 aliphatic rings. The minimum absolute atomic E-state index is 0.196. The van der Waals surface area contributed by atoms with E-state index < -0.39 is 0 Å². The van der Waals surface area contributed by atoms with E-state index in [9.17, 15) is 5.11 Å². The molecule has 1 rings (SSSR count). The maximum absolute atomic E-state index is 9.62. The Kier molecular flexibility index (Phi) is 4.90. The van der Waals surface area contributed by atoms with Gasteiger partial charge in [0.15, 0.2) is 0 Å². The lowest BCUT2D eigenvalue weighted by molar-refractivity contribution is 0.118. The van der Waals surface area contributed by atoms with Crippen molar-refractivity contribution < 1.29 is 5.11 Å². The lowest BCUT2D eigenvalue weighted by atomic mass is 9.81. The minimum Gasteiger partial charge on any atom is -0.392 e. The van der Waals surface area contributed by atoms with Crippen LogP contribution in [0.15, 0.2) is 0 Å². The number of aliphatic hydroxyl groups is 1. The second-order valence-electron chi connectivity index (χ2n) is 5.15. The Bertz CT molecular complexity index is 154. The molecule has 0 aromatic rings. The average molecular weight is 199 g/mol. The predicted octanol–water partition coefficient (Wildman–Crippen LogP) is 2.17. The van der Waals surface area contributed by atoms with Gasteiger partial charge in [-0.1, -0.05) is 33.1 Å². The Balaban J connectivity index is 2.04. The highest BCUT2D eigenvalue weighted by atomic mass is 16.3. The van der Waals surface area contributed by atoms with Gasteiger partial charge in [-0.25, -0.2) is 0 Å². The molecule has 0 heterocycles. The molecule has 14 heavy (non-hydrogen) atoms. The molecule has 2 atom stereocenters. The van der Waals surface area contributed by atoms with Gasteiger partial charge in [-0.05, 0) is 25.2 Å². The van der Waals surface area contributed by atoms with Crippen molar-refractivity contribution in [1.29, 1.82) is 0 Å². The van der Waals surface area contributed by atoms with Crippen molar-refractivity contribution in [1.82, 2.24) is 5.32 Å². The van der Waals surface area contributed by atoms with Gasteiger partial charge in [0.05, 0.1) is 6.10 Å². The molecule has 0 spiro atoms. The van der Waals surface area contributed by atoms with Crippen LogP contribution in [0.1, 0.15) is 46.5 Å². The topological polar surface area (TPSA) is 32.3 Å². The summed E-state index contributed by atoms with van der Waals surface area (Å²) in [7, 11) is 0. The van der Waals surface area contributed by atoms with Gasteiger partial charge in [-0.15, -0.1) is 0 Å². The number of hydrogen-bond donors (Lipinski definition) is 2. The van der Waals surface area contributed by atoms with Crippen LogP contribution in [0.5, 0.6) is 0 Å². The van der Waals surface area contributed by atoms with Gasteiger partial charge in [-0.3, -0.25) is 0 Å². The summed E-state index contributed by atoms with van der Waals surface area (Å²) in [4.78, 5) is 0. The van der Waals surface area contributed by atoms with Gasteiger partial charge in [0.1, 0.15) is 0 Å². The number of rotatable bonds is 6. The van der Waals surface area contributed by atoms with E-state index in [0.29, 0.717) is 12.0 Å². The molecule has 0 saturated heterocycles. The molecule has 0 radical (unpaired) electrons. The second kappa shape index (κ2) is 5.72. The van der Waals surface area contributed by atoms with Crippen molar-refractivity contribution in [3.8, 4) is 0 Å². The van der Waals surface area contributed by atoms with Crippen molar-refractivity contribution in [2.45, 2.75) is 58.6 Å². The molecule has 0 aliphatic heterocycles. The first kappa shape index (κ1) is 12.0. The lowest BCUT2D eigenvalue weighted by Crippen LogP contribution is -2.37. The molecule has 0 amide bonds. The summed E-state index contributed by atoms with van der Waals surface area (Å²) in [6.07, 6.45) is 5.34. The van der Waals surface area contributed by atoms with Gasteiger partial charge in [-0.2, -0.15) is 0 Å². The summed E-state index contributed by atoms with van der Waals surface area (Å²) in [5.41, 5.74) is 0. The molecule has 0 aromatic heterocycles. The fraction of sp³-hybridized carbons (Fsp3) is 1.00. The van der Waals surface area contributed by atoms with E-state index in [1.807, 2.05) is 0 Å². The molecule has 2 N–H and O–H groups in total. The zero-order chi connectivity index (χ0) is 10.6. The number of nitrogens with one attached hydrogen (secondary N) is 1. The standard InChI is InChI=1S/C12H25NO/c1-9(2)12(14)8-13-10(3)7-11-5-4-6-11/h9-14H,4-8H2,1-3H3. The third kappa shape index (κ3) is 3.97. The molecule has 0 aromatic carbocycles. The highest BCUT2D eigenvalue weighted by molar-refractivity contribution is 4.76. The molecule has 2 unspecified atom stereocenters. The molecule has 2 nitrogen and oxygen atoms in total. The van der Waals surface area contributed by atoms with Gasteiger partial charge < -0.3 is 10.4 Å². The zero-order valence-corrected chi connectivity index (χ0v) is 9.79. The van der Waals surface area contributed by atoms with Crippen LogP contribution in [-0.2, 0) is 0 Å². The molecule has 84 valence electrons. The Hall–Kier alpha value is -0.0800. The van der Waals surface area contributed by atoms with Crippen LogP contribution < -0.4 is 5.32 Å². The van der Waals surface area contributed by atoms with Crippen LogP contribution in [-0.4, -0.2) is 23.8 Å². The molecule has 2 heteroatoms. The smallest absolute Gasteiger partial charge is 0.0687 e. The van der Waals surface area contributed by atoms with E-state index in [1.54, 1.807) is 0 Å². The molecular weight excluding hydrogens is 174 g/mol. The summed E-state index contributed by atoms with van der Waals surface area (Å²) in [5, 5.41) is 13.0. The van der Waals surface area contributed by atoms with E-state index in [-0.39, 0.29) is 6.10 Å². The minimum atomic E-state index is -0.196. The maximum atomic E-state index is 9.62. The van der Waals surface area contributed by atoms with Crippen LogP contribution in [0.3, 0.4) is 0 Å². The third-order valence-corrected chi connectivity index (χ3v) is 3.36. The first-order chi connectivity index (χ1) is 6.59. The Morgan fingerprint density at radius 3 is 2.36 bits per heavy atom. The maximum Gasteiger partial charge on any atom is 0.0687 e. The van der Waals surface area contributed by atoms with E-state index >= 15 is 0 Å². The van der Waals surface area contributed by atoms with Gasteiger partial charge >= 0.3 is 0 Å². The van der Waals surface area contributed by atoms with Crippen molar-refractivity contribution >= 4 is 0 Å². The quantitative estimate of drug-likeness (QED) is 0.687. The number of hydrogen-bond acceptors (Lipinski definition) is 2. The summed E-state index contributed by atoms with van der Waals surface area (Å²) in [6.45, 7) is 7.09. The SMILES string of the molecule is CC(CC1CCC1)NCC(O)C(C)C. The van der Waals surface area contributed by atoms with E-state index in [0.717, 1.165) is 12.5 Å². The van der Waals surface area contributed by atoms with Crippen LogP contribution in [0.2, 0.25) is 0 Å². The number of aliphatic hydroxyl groups excluding tert-OH is 1. The third-order valence-electron chi connectivity index (χ3n) is 3.36. The fourth-order valence-electron chi connectivity index (χ4n) is 1.87. The summed E-state index contributed by atoms with van der Waals surface area (Å²) in [6, 6.07) is 0.564. The van der Waals surface area contributed by atoms with Gasteiger partial charge in [0.2, 0.25) is 0 Å². The molecule has 1 fully saturated rings. The van der Waals surface area contributed by atoms with Crippen molar-refractivity contribution in [3.05, 3.63) is 0 Å². The first-order valence-electron chi connectivity index (χ1n) is 6.01. The molecule has 1 saturated carbocycles. The van der Waals surface area contributed by atoms with Crippen molar-refractivity contribution in [3.63, 3.8) is 0 Å². The van der Waals surface area contributed by atoms with E-state index in [4.69, 9.17) is 0 Å². The summed E-state index contributed by atoms with van der Waals surface area (Å²) in [5.74, 6) is 1.31. The highest BCUT2D eigenvalue weighted by Crippen LogP contribution is 2.30. The lowest BCUT2D eigenvalue weighted by Gasteiger charge is -2.29.